The van der Waals surface area contributed by atoms with Crippen molar-refractivity contribution >= 4 is 33.0 Å². The van der Waals surface area contributed by atoms with Gasteiger partial charge in [0.25, 0.3) is 0 Å². The van der Waals surface area contributed by atoms with Crippen LogP contribution in [0.4, 0.5) is 8.78 Å². The van der Waals surface area contributed by atoms with Gasteiger partial charge in [0.2, 0.25) is 0 Å². The van der Waals surface area contributed by atoms with Crippen LogP contribution in [0.15, 0.2) is 42.5 Å². The fourth-order valence-corrected chi connectivity index (χ4v) is 3.39. The van der Waals surface area contributed by atoms with Crippen molar-refractivity contribution in [3.05, 3.63) is 69.6 Å². The van der Waals surface area contributed by atoms with Crippen LogP contribution >= 0.6 is 22.9 Å². The molecular weight excluding hydrogens is 300 g/mol. The van der Waals surface area contributed by atoms with Crippen molar-refractivity contribution in [3.63, 3.8) is 0 Å². The third-order valence-electron chi connectivity index (χ3n) is 3.10. The smallest absolute Gasteiger partial charge is 0.123 e. The topological polar surface area (TPSA) is 26.0 Å². The van der Waals surface area contributed by atoms with Crippen molar-refractivity contribution in [1.29, 1.82) is 0 Å². The van der Waals surface area contributed by atoms with Crippen LogP contribution in [0.2, 0.25) is 5.02 Å². The Morgan fingerprint density at radius 1 is 1.00 bits per heavy atom. The van der Waals surface area contributed by atoms with Crippen molar-refractivity contribution in [2.75, 3.05) is 0 Å². The maximum absolute atomic E-state index is 13.3. The molecule has 0 aliphatic rings. The predicted molar refractivity (Wildman–Crippen MR) is 79.2 cm³/mol. The van der Waals surface area contributed by atoms with Gasteiger partial charge in [-0.05, 0) is 53.4 Å². The highest BCUT2D eigenvalue weighted by Crippen LogP contribution is 2.34. The molecule has 1 atom stereocenters. The Morgan fingerprint density at radius 3 is 2.50 bits per heavy atom. The molecule has 5 heteroatoms. The summed E-state index contributed by atoms with van der Waals surface area (Å²) in [4.78, 5) is 0.818. The fourth-order valence-electron chi connectivity index (χ4n) is 2.09. The summed E-state index contributed by atoms with van der Waals surface area (Å²) in [5, 5.41) is 1.20. The molecule has 2 N–H and O–H groups in total. The van der Waals surface area contributed by atoms with Crippen LogP contribution in [0.3, 0.4) is 0 Å². The van der Waals surface area contributed by atoms with E-state index in [0.29, 0.717) is 10.6 Å². The zero-order valence-corrected chi connectivity index (χ0v) is 11.8. The highest BCUT2D eigenvalue weighted by Gasteiger charge is 2.16. The zero-order valence-electron chi connectivity index (χ0n) is 10.2. The molecule has 0 aliphatic heterocycles. The minimum atomic E-state index is -0.529. The first kappa shape index (κ1) is 13.5. The molecule has 0 saturated carbocycles. The van der Waals surface area contributed by atoms with Gasteiger partial charge in [0.1, 0.15) is 11.6 Å². The highest BCUT2D eigenvalue weighted by molar-refractivity contribution is 7.19. The first-order valence-corrected chi connectivity index (χ1v) is 7.13. The summed E-state index contributed by atoms with van der Waals surface area (Å²) in [5.41, 5.74) is 6.68. The Balaban J connectivity index is 2.07. The van der Waals surface area contributed by atoms with E-state index in [1.54, 1.807) is 6.07 Å². The molecule has 2 aromatic carbocycles. The number of hydrogen-bond acceptors (Lipinski definition) is 2. The van der Waals surface area contributed by atoms with Crippen LogP contribution < -0.4 is 5.73 Å². The standard InChI is InChI=1S/C15H10ClF2NS/c16-12-3-1-10(18)7-11(12)15(19)14-6-8-5-9(17)2-4-13(8)20-14/h1-7,15H,19H2. The first-order chi connectivity index (χ1) is 9.54. The average molecular weight is 310 g/mol. The van der Waals surface area contributed by atoms with Crippen molar-refractivity contribution in [3.8, 4) is 0 Å². The van der Waals surface area contributed by atoms with Crippen LogP contribution in [0, 0.1) is 11.6 Å². The fraction of sp³-hybridized carbons (Fsp3) is 0.0667. The summed E-state index contributed by atoms with van der Waals surface area (Å²) >= 11 is 7.51. The Labute approximate surface area is 123 Å². The van der Waals surface area contributed by atoms with Crippen molar-refractivity contribution in [2.24, 2.45) is 5.73 Å². The van der Waals surface area contributed by atoms with E-state index in [4.69, 9.17) is 17.3 Å². The van der Waals surface area contributed by atoms with E-state index in [1.807, 2.05) is 6.07 Å². The monoisotopic (exact) mass is 309 g/mol. The van der Waals surface area contributed by atoms with Gasteiger partial charge in [-0.15, -0.1) is 11.3 Å². The van der Waals surface area contributed by atoms with Crippen LogP contribution in [-0.2, 0) is 0 Å². The maximum atomic E-state index is 13.3. The molecule has 1 unspecified atom stereocenters. The number of rotatable bonds is 2. The quantitative estimate of drug-likeness (QED) is 0.717. The molecule has 0 amide bonds. The van der Waals surface area contributed by atoms with Gasteiger partial charge in [-0.3, -0.25) is 0 Å². The molecule has 20 heavy (non-hydrogen) atoms. The van der Waals surface area contributed by atoms with Gasteiger partial charge in [0.05, 0.1) is 6.04 Å². The molecule has 0 bridgehead atoms. The van der Waals surface area contributed by atoms with Gasteiger partial charge in [-0.1, -0.05) is 11.6 Å². The second kappa shape index (κ2) is 5.13. The molecule has 0 aliphatic carbocycles. The molecule has 0 saturated heterocycles. The van der Waals surface area contributed by atoms with E-state index in [0.717, 1.165) is 15.0 Å². The lowest BCUT2D eigenvalue weighted by Gasteiger charge is -2.11. The molecule has 3 aromatic rings. The average Bonchev–Trinajstić information content (AvgIpc) is 2.83. The first-order valence-electron chi connectivity index (χ1n) is 5.94. The minimum Gasteiger partial charge on any atom is -0.320 e. The molecule has 1 aromatic heterocycles. The predicted octanol–water partition coefficient (Wildman–Crippen LogP) is 4.88. The van der Waals surface area contributed by atoms with Gasteiger partial charge in [-0.25, -0.2) is 8.78 Å². The van der Waals surface area contributed by atoms with Gasteiger partial charge in [0, 0.05) is 14.6 Å². The molecule has 3 rings (SSSR count). The lowest BCUT2D eigenvalue weighted by molar-refractivity contribution is 0.624. The van der Waals surface area contributed by atoms with E-state index < -0.39 is 6.04 Å². The summed E-state index contributed by atoms with van der Waals surface area (Å²) in [7, 11) is 0. The Hall–Kier alpha value is -1.49. The molecule has 102 valence electrons. The highest BCUT2D eigenvalue weighted by atomic mass is 35.5. The molecular formula is C15H10ClF2NS. The Kier molecular flexibility index (Phi) is 3.46. The second-order valence-electron chi connectivity index (χ2n) is 4.47. The lowest BCUT2D eigenvalue weighted by Crippen LogP contribution is -2.11. The van der Waals surface area contributed by atoms with E-state index in [2.05, 4.69) is 0 Å². The largest absolute Gasteiger partial charge is 0.320 e. The third kappa shape index (κ3) is 2.42. The number of hydrogen-bond donors (Lipinski definition) is 1. The molecule has 1 heterocycles. The van der Waals surface area contributed by atoms with Crippen LogP contribution in [0.5, 0.6) is 0 Å². The summed E-state index contributed by atoms with van der Waals surface area (Å²) in [5.74, 6) is -0.675. The van der Waals surface area contributed by atoms with Crippen LogP contribution in [0.1, 0.15) is 16.5 Å². The summed E-state index contributed by atoms with van der Waals surface area (Å²) in [6, 6.07) is 9.96. The number of halogens is 3. The van der Waals surface area contributed by atoms with Crippen molar-refractivity contribution < 1.29 is 8.78 Å². The van der Waals surface area contributed by atoms with Gasteiger partial charge in [-0.2, -0.15) is 0 Å². The van der Waals surface area contributed by atoms with E-state index in [9.17, 15) is 8.78 Å². The Bertz CT molecular complexity index is 785. The minimum absolute atomic E-state index is 0.292. The van der Waals surface area contributed by atoms with Crippen LogP contribution in [-0.4, -0.2) is 0 Å². The second-order valence-corrected chi connectivity index (χ2v) is 6.00. The SMILES string of the molecule is NC(c1cc2cc(F)ccc2s1)c1cc(F)ccc1Cl. The Morgan fingerprint density at radius 2 is 1.70 bits per heavy atom. The number of benzene rings is 2. The molecule has 0 spiro atoms. The summed E-state index contributed by atoms with van der Waals surface area (Å²) in [6.45, 7) is 0. The maximum Gasteiger partial charge on any atom is 0.123 e. The van der Waals surface area contributed by atoms with E-state index in [-0.39, 0.29) is 11.6 Å². The summed E-state index contributed by atoms with van der Waals surface area (Å²) < 4.78 is 27.4. The van der Waals surface area contributed by atoms with Crippen LogP contribution in [0.25, 0.3) is 10.1 Å². The molecule has 1 nitrogen and oxygen atoms in total. The molecule has 0 fully saturated rings. The van der Waals surface area contributed by atoms with Gasteiger partial charge < -0.3 is 5.73 Å². The number of thiophene rings is 1. The number of nitrogens with two attached hydrogens (primary N) is 1. The third-order valence-corrected chi connectivity index (χ3v) is 4.64. The molecule has 0 radical (unpaired) electrons. The number of fused-ring (bicyclic) bond motifs is 1. The normalized spacial score (nSPS) is 12.8. The van der Waals surface area contributed by atoms with E-state index >= 15 is 0 Å². The lowest BCUT2D eigenvalue weighted by atomic mass is 10.1. The van der Waals surface area contributed by atoms with Crippen molar-refractivity contribution in [2.45, 2.75) is 6.04 Å². The van der Waals surface area contributed by atoms with Crippen molar-refractivity contribution in [1.82, 2.24) is 0 Å². The van der Waals surface area contributed by atoms with Gasteiger partial charge in [0.15, 0.2) is 0 Å². The van der Waals surface area contributed by atoms with E-state index in [1.165, 1.54) is 41.7 Å². The zero-order chi connectivity index (χ0) is 14.3. The summed E-state index contributed by atoms with van der Waals surface area (Å²) in [6.07, 6.45) is 0. The van der Waals surface area contributed by atoms with Gasteiger partial charge >= 0.3 is 0 Å².